The van der Waals surface area contributed by atoms with E-state index in [1.165, 1.54) is 12.1 Å². The van der Waals surface area contributed by atoms with E-state index in [-0.39, 0.29) is 24.0 Å². The number of sulfonamides is 1. The molecule has 0 saturated heterocycles. The average Bonchev–Trinajstić information content (AvgIpc) is 2.75. The molecule has 0 saturated carbocycles. The number of anilines is 1. The van der Waals surface area contributed by atoms with Crippen molar-refractivity contribution < 1.29 is 17.9 Å². The summed E-state index contributed by atoms with van der Waals surface area (Å²) < 4.78 is 33.4. The fourth-order valence-corrected chi connectivity index (χ4v) is 4.11. The molecule has 0 aromatic heterocycles. The number of benzene rings is 3. The van der Waals surface area contributed by atoms with E-state index in [0.717, 1.165) is 22.4 Å². The molecule has 3 aromatic rings. The molecule has 0 radical (unpaired) electrons. The third-order valence-corrected chi connectivity index (χ3v) is 6.19. The van der Waals surface area contributed by atoms with Crippen LogP contribution in [-0.2, 0) is 21.4 Å². The summed E-state index contributed by atoms with van der Waals surface area (Å²) in [5, 5.41) is 2.84. The zero-order valence-corrected chi connectivity index (χ0v) is 18.6. The zero-order chi connectivity index (χ0) is 22.4. The molecule has 2 N–H and O–H groups in total. The van der Waals surface area contributed by atoms with Crippen LogP contribution in [0.15, 0.2) is 71.6 Å². The van der Waals surface area contributed by atoms with Crippen LogP contribution in [0.5, 0.6) is 5.75 Å². The first-order valence-electron chi connectivity index (χ1n) is 9.89. The van der Waals surface area contributed by atoms with Gasteiger partial charge in [-0.1, -0.05) is 42.5 Å². The lowest BCUT2D eigenvalue weighted by molar-refractivity contribution is -0.118. The second-order valence-corrected chi connectivity index (χ2v) is 9.16. The Morgan fingerprint density at radius 3 is 2.35 bits per heavy atom. The van der Waals surface area contributed by atoms with Gasteiger partial charge in [0.25, 0.3) is 5.91 Å². The monoisotopic (exact) mass is 438 g/mol. The first-order chi connectivity index (χ1) is 14.7. The van der Waals surface area contributed by atoms with Crippen LogP contribution in [0.1, 0.15) is 22.3 Å². The van der Waals surface area contributed by atoms with Crippen LogP contribution in [0, 0.1) is 20.8 Å². The Bertz CT molecular complexity index is 1180. The van der Waals surface area contributed by atoms with Gasteiger partial charge in [-0.2, -0.15) is 0 Å². The van der Waals surface area contributed by atoms with Gasteiger partial charge in [0.1, 0.15) is 5.75 Å². The number of carbonyl (C=O) groups is 1. The van der Waals surface area contributed by atoms with Gasteiger partial charge in [-0.3, -0.25) is 4.79 Å². The Labute approximate surface area is 183 Å². The van der Waals surface area contributed by atoms with E-state index >= 15 is 0 Å². The minimum atomic E-state index is -3.66. The third kappa shape index (κ3) is 6.16. The smallest absolute Gasteiger partial charge is 0.262 e. The molecule has 7 heteroatoms. The predicted molar refractivity (Wildman–Crippen MR) is 122 cm³/mol. The molecule has 1 amide bonds. The lowest BCUT2D eigenvalue weighted by Crippen LogP contribution is -2.23. The molecule has 0 unspecified atom stereocenters. The van der Waals surface area contributed by atoms with Crippen molar-refractivity contribution in [2.45, 2.75) is 32.2 Å². The summed E-state index contributed by atoms with van der Waals surface area (Å²) in [4.78, 5) is 12.4. The van der Waals surface area contributed by atoms with E-state index < -0.39 is 10.0 Å². The van der Waals surface area contributed by atoms with Gasteiger partial charge in [-0.05, 0) is 67.3 Å². The molecule has 0 bridgehead atoms. The lowest BCUT2D eigenvalue weighted by Gasteiger charge is -2.13. The average molecular weight is 439 g/mol. The highest BCUT2D eigenvalue weighted by Crippen LogP contribution is 2.22. The number of amides is 1. The maximum Gasteiger partial charge on any atom is 0.262 e. The molecule has 0 heterocycles. The van der Waals surface area contributed by atoms with Crippen LogP contribution < -0.4 is 14.8 Å². The number of carbonyl (C=O) groups excluding carboxylic acids is 1. The second-order valence-electron chi connectivity index (χ2n) is 7.39. The Morgan fingerprint density at radius 1 is 0.903 bits per heavy atom. The number of hydrogen-bond acceptors (Lipinski definition) is 4. The Balaban J connectivity index is 1.61. The summed E-state index contributed by atoms with van der Waals surface area (Å²) >= 11 is 0. The van der Waals surface area contributed by atoms with E-state index in [1.807, 2.05) is 62.4 Å². The number of nitrogens with one attached hydrogen (secondary N) is 2. The van der Waals surface area contributed by atoms with Crippen LogP contribution in [0.4, 0.5) is 5.69 Å². The van der Waals surface area contributed by atoms with E-state index in [0.29, 0.717) is 11.3 Å². The highest BCUT2D eigenvalue weighted by atomic mass is 32.2. The van der Waals surface area contributed by atoms with Crippen molar-refractivity contribution in [3.8, 4) is 5.75 Å². The van der Waals surface area contributed by atoms with E-state index in [9.17, 15) is 13.2 Å². The second kappa shape index (κ2) is 9.76. The summed E-state index contributed by atoms with van der Waals surface area (Å²) in [5.74, 6) is 0.174. The molecular weight excluding hydrogens is 412 g/mol. The fraction of sp³-hybridized carbons (Fsp3) is 0.208. The number of aryl methyl sites for hydroxylation is 3. The van der Waals surface area contributed by atoms with Crippen molar-refractivity contribution in [3.63, 3.8) is 0 Å². The van der Waals surface area contributed by atoms with Crippen molar-refractivity contribution in [2.24, 2.45) is 0 Å². The van der Waals surface area contributed by atoms with Crippen molar-refractivity contribution in [3.05, 3.63) is 89.0 Å². The first kappa shape index (κ1) is 22.5. The molecule has 31 heavy (non-hydrogen) atoms. The van der Waals surface area contributed by atoms with Gasteiger partial charge in [0.15, 0.2) is 6.61 Å². The van der Waals surface area contributed by atoms with Crippen molar-refractivity contribution >= 4 is 21.6 Å². The summed E-state index contributed by atoms with van der Waals surface area (Å²) in [6, 6.07) is 19.7. The van der Waals surface area contributed by atoms with Crippen LogP contribution in [0.25, 0.3) is 0 Å². The summed E-state index contributed by atoms with van der Waals surface area (Å²) in [6.45, 7) is 5.66. The van der Waals surface area contributed by atoms with Crippen LogP contribution in [-0.4, -0.2) is 20.9 Å². The Kier molecular flexibility index (Phi) is 7.09. The summed E-state index contributed by atoms with van der Waals surface area (Å²) in [7, 11) is -3.66. The molecular formula is C24H26N2O4S. The first-order valence-corrected chi connectivity index (χ1v) is 11.4. The van der Waals surface area contributed by atoms with Gasteiger partial charge < -0.3 is 10.1 Å². The highest BCUT2D eigenvalue weighted by Gasteiger charge is 2.16. The zero-order valence-electron chi connectivity index (χ0n) is 17.8. The number of ether oxygens (including phenoxy) is 1. The molecule has 0 spiro atoms. The van der Waals surface area contributed by atoms with Gasteiger partial charge >= 0.3 is 0 Å². The molecule has 3 aromatic carbocycles. The predicted octanol–water partition coefficient (Wildman–Crippen LogP) is 4.11. The molecule has 3 rings (SSSR count). The van der Waals surface area contributed by atoms with Gasteiger partial charge in [0.2, 0.25) is 10.0 Å². The molecule has 0 aliphatic heterocycles. The van der Waals surface area contributed by atoms with E-state index in [1.54, 1.807) is 13.0 Å². The van der Waals surface area contributed by atoms with Gasteiger partial charge in [-0.25, -0.2) is 13.1 Å². The Morgan fingerprint density at radius 2 is 1.65 bits per heavy atom. The molecule has 0 aliphatic carbocycles. The molecule has 0 atom stereocenters. The number of hydrogen-bond donors (Lipinski definition) is 2. The largest absolute Gasteiger partial charge is 0.483 e. The maximum absolute atomic E-state index is 12.6. The molecule has 6 nitrogen and oxygen atoms in total. The molecule has 0 fully saturated rings. The maximum atomic E-state index is 12.6. The van der Waals surface area contributed by atoms with E-state index in [2.05, 4.69) is 10.0 Å². The van der Waals surface area contributed by atoms with Gasteiger partial charge in [0.05, 0.1) is 4.90 Å². The van der Waals surface area contributed by atoms with Crippen LogP contribution in [0.3, 0.4) is 0 Å². The van der Waals surface area contributed by atoms with Gasteiger partial charge in [0, 0.05) is 12.2 Å². The molecule has 0 aliphatic rings. The third-order valence-electron chi connectivity index (χ3n) is 4.79. The molecule has 162 valence electrons. The normalized spacial score (nSPS) is 11.2. The summed E-state index contributed by atoms with van der Waals surface area (Å²) in [5.41, 5.74) is 4.26. The minimum absolute atomic E-state index is 0.146. The minimum Gasteiger partial charge on any atom is -0.483 e. The standard InChI is InChI=1S/C24H26N2O4S/c1-17-9-10-18(2)22(13-17)26-24(27)16-30-23-12-11-21(14-19(23)3)31(28,29)25-15-20-7-5-4-6-8-20/h4-14,25H,15-16H2,1-3H3,(H,26,27). The topological polar surface area (TPSA) is 84.5 Å². The quantitative estimate of drug-likeness (QED) is 0.554. The fourth-order valence-electron chi connectivity index (χ4n) is 3.01. The van der Waals surface area contributed by atoms with Crippen LogP contribution in [0.2, 0.25) is 0 Å². The van der Waals surface area contributed by atoms with Crippen molar-refractivity contribution in [1.82, 2.24) is 4.72 Å². The lowest BCUT2D eigenvalue weighted by atomic mass is 10.1. The van der Waals surface area contributed by atoms with Gasteiger partial charge in [-0.15, -0.1) is 0 Å². The van der Waals surface area contributed by atoms with Crippen molar-refractivity contribution in [2.75, 3.05) is 11.9 Å². The number of rotatable bonds is 8. The SMILES string of the molecule is Cc1ccc(C)c(NC(=O)COc2ccc(S(=O)(=O)NCc3ccccc3)cc2C)c1. The van der Waals surface area contributed by atoms with Crippen molar-refractivity contribution in [1.29, 1.82) is 0 Å². The Hall–Kier alpha value is -3.16. The summed E-state index contributed by atoms with van der Waals surface area (Å²) in [6.07, 6.45) is 0. The van der Waals surface area contributed by atoms with Crippen LogP contribution >= 0.6 is 0 Å². The highest BCUT2D eigenvalue weighted by molar-refractivity contribution is 7.89. The van der Waals surface area contributed by atoms with E-state index in [4.69, 9.17) is 4.74 Å².